The minimum Gasteiger partial charge on any atom is -0.444 e. The van der Waals surface area contributed by atoms with E-state index in [1.165, 1.54) is 5.56 Å². The summed E-state index contributed by atoms with van der Waals surface area (Å²) < 4.78 is 5.81. The van der Waals surface area contributed by atoms with Gasteiger partial charge in [-0.2, -0.15) is 0 Å². The fraction of sp³-hybridized carbons (Fsp3) is 0.312. The number of aliphatic hydroxyl groups is 1. The van der Waals surface area contributed by atoms with Crippen molar-refractivity contribution >= 4 is 21.8 Å². The maximum Gasteiger partial charge on any atom is 0.287 e. The summed E-state index contributed by atoms with van der Waals surface area (Å²) in [6, 6.07) is 11.2. The molecule has 3 rings (SSSR count). The first-order valence-corrected chi connectivity index (χ1v) is 7.73. The van der Waals surface area contributed by atoms with Crippen LogP contribution in [0.1, 0.15) is 34.1 Å². The number of nitrogens with one attached hydrogen (secondary N) is 1. The monoisotopic (exact) mass is 349 g/mol. The van der Waals surface area contributed by atoms with Crippen LogP contribution in [0.5, 0.6) is 0 Å². The molecule has 2 atom stereocenters. The molecule has 0 fully saturated rings. The minimum atomic E-state index is -0.263. The van der Waals surface area contributed by atoms with Gasteiger partial charge in [-0.25, -0.2) is 0 Å². The average Bonchev–Trinajstić information content (AvgIpc) is 2.94. The quantitative estimate of drug-likeness (QED) is 0.894. The van der Waals surface area contributed by atoms with E-state index in [0.717, 1.165) is 18.4 Å². The molecule has 5 heteroatoms. The molecule has 4 nitrogen and oxygen atoms in total. The second kappa shape index (κ2) is 6.03. The van der Waals surface area contributed by atoms with Crippen LogP contribution in [-0.2, 0) is 6.42 Å². The highest BCUT2D eigenvalue weighted by molar-refractivity contribution is 9.10. The van der Waals surface area contributed by atoms with E-state index < -0.39 is 0 Å². The molecule has 0 unspecified atom stereocenters. The van der Waals surface area contributed by atoms with Crippen molar-refractivity contribution in [3.05, 3.63) is 58.0 Å². The van der Waals surface area contributed by atoms with Gasteiger partial charge in [0.15, 0.2) is 10.4 Å². The first kappa shape index (κ1) is 14.4. The molecule has 1 aliphatic rings. The summed E-state index contributed by atoms with van der Waals surface area (Å²) in [6.45, 7) is 0.0567. The van der Waals surface area contributed by atoms with E-state index in [0.29, 0.717) is 4.67 Å². The molecule has 0 spiro atoms. The van der Waals surface area contributed by atoms with Crippen molar-refractivity contribution in [2.75, 3.05) is 6.61 Å². The van der Waals surface area contributed by atoms with E-state index in [-0.39, 0.29) is 30.2 Å². The number of hydrogen-bond acceptors (Lipinski definition) is 3. The van der Waals surface area contributed by atoms with Crippen LogP contribution in [0.15, 0.2) is 45.5 Å². The third-order valence-corrected chi connectivity index (χ3v) is 4.39. The van der Waals surface area contributed by atoms with Gasteiger partial charge in [-0.15, -0.1) is 0 Å². The number of halogens is 1. The van der Waals surface area contributed by atoms with Crippen LogP contribution < -0.4 is 5.32 Å². The Hall–Kier alpha value is -1.59. The Morgan fingerprint density at radius 2 is 2.14 bits per heavy atom. The van der Waals surface area contributed by atoms with Gasteiger partial charge in [0, 0.05) is 12.5 Å². The number of fused-ring (bicyclic) bond motifs is 1. The Labute approximate surface area is 131 Å². The van der Waals surface area contributed by atoms with Gasteiger partial charge < -0.3 is 14.8 Å². The Morgan fingerprint density at radius 1 is 1.33 bits per heavy atom. The standard InChI is InChI=1S/C16H16BrNO3/c17-14-8-7-13(21-14)16(20)18-15-11(9-19)6-5-10-3-1-2-4-12(10)15/h1-4,7-8,11,15,19H,5-6,9H2,(H,18,20)/t11-,15-/m0/s1. The molecule has 0 aliphatic heterocycles. The smallest absolute Gasteiger partial charge is 0.287 e. The SMILES string of the molecule is O=C(N[C@@H]1c2ccccc2CC[C@H]1CO)c1ccc(Br)o1. The lowest BCUT2D eigenvalue weighted by atomic mass is 9.80. The summed E-state index contributed by atoms with van der Waals surface area (Å²) >= 11 is 3.19. The maximum absolute atomic E-state index is 12.3. The van der Waals surface area contributed by atoms with Gasteiger partial charge in [-0.3, -0.25) is 4.79 Å². The first-order valence-electron chi connectivity index (χ1n) is 6.94. The topological polar surface area (TPSA) is 62.5 Å². The summed E-state index contributed by atoms with van der Waals surface area (Å²) in [7, 11) is 0. The van der Waals surface area contributed by atoms with Crippen molar-refractivity contribution in [3.8, 4) is 0 Å². The predicted octanol–water partition coefficient (Wildman–Crippen LogP) is 3.07. The minimum absolute atomic E-state index is 0.0299. The number of carbonyl (C=O) groups is 1. The molecule has 0 saturated heterocycles. The highest BCUT2D eigenvalue weighted by Gasteiger charge is 2.30. The number of rotatable bonds is 3. The summed E-state index contributed by atoms with van der Waals surface area (Å²) in [5.74, 6) is 0.0322. The van der Waals surface area contributed by atoms with Gasteiger partial charge in [0.05, 0.1) is 6.04 Å². The summed E-state index contributed by atoms with van der Waals surface area (Å²) in [5.41, 5.74) is 2.31. The van der Waals surface area contributed by atoms with Gasteiger partial charge in [-0.05, 0) is 52.0 Å². The van der Waals surface area contributed by atoms with Gasteiger partial charge in [0.1, 0.15) is 0 Å². The molecular weight excluding hydrogens is 334 g/mol. The number of aliphatic hydroxyl groups excluding tert-OH is 1. The highest BCUT2D eigenvalue weighted by atomic mass is 79.9. The lowest BCUT2D eigenvalue weighted by molar-refractivity contribution is 0.0864. The number of furan rings is 1. The fourth-order valence-electron chi connectivity index (χ4n) is 2.87. The Bertz CT molecular complexity index is 652. The Morgan fingerprint density at radius 3 is 2.86 bits per heavy atom. The molecule has 1 heterocycles. The molecule has 0 bridgehead atoms. The number of amides is 1. The van der Waals surface area contributed by atoms with E-state index in [9.17, 15) is 9.90 Å². The second-order valence-electron chi connectivity index (χ2n) is 5.24. The maximum atomic E-state index is 12.3. The van der Waals surface area contributed by atoms with Crippen molar-refractivity contribution in [1.82, 2.24) is 5.32 Å². The van der Waals surface area contributed by atoms with Crippen LogP contribution >= 0.6 is 15.9 Å². The molecule has 2 aromatic rings. The van der Waals surface area contributed by atoms with Crippen molar-refractivity contribution in [2.45, 2.75) is 18.9 Å². The van der Waals surface area contributed by atoms with Crippen LogP contribution in [0.2, 0.25) is 0 Å². The summed E-state index contributed by atoms with van der Waals surface area (Å²) in [4.78, 5) is 12.3. The van der Waals surface area contributed by atoms with E-state index in [4.69, 9.17) is 4.42 Å². The molecular formula is C16H16BrNO3. The lowest BCUT2D eigenvalue weighted by Gasteiger charge is -2.33. The molecule has 0 radical (unpaired) electrons. The Kier molecular flexibility index (Phi) is 4.12. The van der Waals surface area contributed by atoms with E-state index in [1.54, 1.807) is 12.1 Å². The molecule has 2 N–H and O–H groups in total. The van der Waals surface area contributed by atoms with Crippen molar-refractivity contribution in [1.29, 1.82) is 0 Å². The number of aryl methyl sites for hydroxylation is 1. The zero-order valence-corrected chi connectivity index (χ0v) is 13.0. The number of benzene rings is 1. The largest absolute Gasteiger partial charge is 0.444 e. The molecule has 1 amide bonds. The molecule has 21 heavy (non-hydrogen) atoms. The lowest BCUT2D eigenvalue weighted by Crippen LogP contribution is -2.37. The summed E-state index contributed by atoms with van der Waals surface area (Å²) in [6.07, 6.45) is 1.79. The molecule has 1 aliphatic carbocycles. The van der Waals surface area contributed by atoms with Gasteiger partial charge in [0.2, 0.25) is 0 Å². The molecule has 0 saturated carbocycles. The average molecular weight is 350 g/mol. The van der Waals surface area contributed by atoms with Crippen molar-refractivity contribution < 1.29 is 14.3 Å². The third-order valence-electron chi connectivity index (χ3n) is 3.96. The van der Waals surface area contributed by atoms with Crippen molar-refractivity contribution in [2.24, 2.45) is 5.92 Å². The highest BCUT2D eigenvalue weighted by Crippen LogP contribution is 2.34. The fourth-order valence-corrected chi connectivity index (χ4v) is 3.17. The van der Waals surface area contributed by atoms with Crippen LogP contribution in [0.3, 0.4) is 0 Å². The second-order valence-corrected chi connectivity index (χ2v) is 6.02. The zero-order valence-electron chi connectivity index (χ0n) is 11.4. The van der Waals surface area contributed by atoms with Gasteiger partial charge in [0.25, 0.3) is 5.91 Å². The first-order chi connectivity index (χ1) is 10.2. The van der Waals surface area contributed by atoms with Gasteiger partial charge in [-0.1, -0.05) is 24.3 Å². The van der Waals surface area contributed by atoms with Crippen LogP contribution in [0.4, 0.5) is 0 Å². The summed E-state index contributed by atoms with van der Waals surface area (Å²) in [5, 5.41) is 12.6. The molecule has 1 aromatic carbocycles. The van der Waals surface area contributed by atoms with E-state index in [2.05, 4.69) is 27.3 Å². The third kappa shape index (κ3) is 2.89. The molecule has 1 aromatic heterocycles. The zero-order chi connectivity index (χ0) is 14.8. The predicted molar refractivity (Wildman–Crippen MR) is 82.0 cm³/mol. The Balaban J connectivity index is 1.86. The normalized spacial score (nSPS) is 20.9. The van der Waals surface area contributed by atoms with Crippen molar-refractivity contribution in [3.63, 3.8) is 0 Å². The van der Waals surface area contributed by atoms with Gasteiger partial charge >= 0.3 is 0 Å². The number of hydrogen-bond donors (Lipinski definition) is 2. The van der Waals surface area contributed by atoms with Crippen LogP contribution in [-0.4, -0.2) is 17.6 Å². The van der Waals surface area contributed by atoms with E-state index >= 15 is 0 Å². The number of carbonyl (C=O) groups excluding carboxylic acids is 1. The van der Waals surface area contributed by atoms with Crippen LogP contribution in [0, 0.1) is 5.92 Å². The van der Waals surface area contributed by atoms with Crippen LogP contribution in [0.25, 0.3) is 0 Å². The van der Waals surface area contributed by atoms with E-state index in [1.807, 2.05) is 18.2 Å². The molecule has 110 valence electrons.